The molecule has 3 rings (SSSR count). The maximum Gasteiger partial charge on any atom is 0.420 e. The SMILES string of the molecule is COc1cccc(Cn2c(=O)oc3cc(I)ccc32)c1F. The first-order valence-electron chi connectivity index (χ1n) is 6.20. The molecule has 2 aromatic carbocycles. The van der Waals surface area contributed by atoms with E-state index in [1.54, 1.807) is 24.3 Å². The van der Waals surface area contributed by atoms with Crippen molar-refractivity contribution in [3.05, 3.63) is 61.9 Å². The molecule has 108 valence electrons. The van der Waals surface area contributed by atoms with Crippen molar-refractivity contribution in [2.45, 2.75) is 6.54 Å². The van der Waals surface area contributed by atoms with Crippen LogP contribution in [-0.4, -0.2) is 11.7 Å². The summed E-state index contributed by atoms with van der Waals surface area (Å²) in [7, 11) is 1.41. The Morgan fingerprint density at radius 2 is 2.14 bits per heavy atom. The van der Waals surface area contributed by atoms with E-state index in [1.165, 1.54) is 17.7 Å². The highest BCUT2D eigenvalue weighted by atomic mass is 127. The van der Waals surface area contributed by atoms with Crippen LogP contribution in [0, 0.1) is 9.39 Å². The van der Waals surface area contributed by atoms with Gasteiger partial charge in [-0.2, -0.15) is 0 Å². The van der Waals surface area contributed by atoms with Crippen molar-refractivity contribution < 1.29 is 13.5 Å². The first-order chi connectivity index (χ1) is 10.1. The molecule has 0 unspecified atom stereocenters. The lowest BCUT2D eigenvalue weighted by Gasteiger charge is -2.07. The van der Waals surface area contributed by atoms with E-state index in [0.29, 0.717) is 16.7 Å². The van der Waals surface area contributed by atoms with E-state index >= 15 is 0 Å². The van der Waals surface area contributed by atoms with Crippen molar-refractivity contribution in [2.75, 3.05) is 7.11 Å². The summed E-state index contributed by atoms with van der Waals surface area (Å²) in [6.07, 6.45) is 0. The topological polar surface area (TPSA) is 44.4 Å². The van der Waals surface area contributed by atoms with Crippen LogP contribution >= 0.6 is 22.6 Å². The number of fused-ring (bicyclic) bond motifs is 1. The van der Waals surface area contributed by atoms with Crippen LogP contribution in [0.25, 0.3) is 11.1 Å². The van der Waals surface area contributed by atoms with Gasteiger partial charge in [0.2, 0.25) is 0 Å². The van der Waals surface area contributed by atoms with Crippen LogP contribution in [0.4, 0.5) is 4.39 Å². The molecule has 6 heteroatoms. The Hall–Kier alpha value is -1.83. The first kappa shape index (κ1) is 14.1. The Balaban J connectivity index is 2.10. The minimum Gasteiger partial charge on any atom is -0.494 e. The lowest BCUT2D eigenvalue weighted by atomic mass is 10.2. The molecule has 0 aliphatic rings. The maximum absolute atomic E-state index is 14.2. The monoisotopic (exact) mass is 399 g/mol. The Morgan fingerprint density at radius 3 is 2.90 bits per heavy atom. The van der Waals surface area contributed by atoms with Gasteiger partial charge >= 0.3 is 5.76 Å². The first-order valence-corrected chi connectivity index (χ1v) is 7.28. The highest BCUT2D eigenvalue weighted by Crippen LogP contribution is 2.22. The Morgan fingerprint density at radius 1 is 1.33 bits per heavy atom. The molecule has 0 aliphatic carbocycles. The van der Waals surface area contributed by atoms with Crippen LogP contribution < -0.4 is 10.5 Å². The normalized spacial score (nSPS) is 11.0. The number of nitrogens with zero attached hydrogens (tertiary/aromatic N) is 1. The van der Waals surface area contributed by atoms with Crippen LogP contribution in [0.15, 0.2) is 45.6 Å². The zero-order valence-electron chi connectivity index (χ0n) is 11.1. The molecular weight excluding hydrogens is 388 g/mol. The van der Waals surface area contributed by atoms with Gasteiger partial charge in [0.15, 0.2) is 17.1 Å². The summed E-state index contributed by atoms with van der Waals surface area (Å²) in [6.45, 7) is 0.0927. The fraction of sp³-hybridized carbons (Fsp3) is 0.133. The van der Waals surface area contributed by atoms with Gasteiger partial charge in [0.25, 0.3) is 0 Å². The number of hydrogen-bond donors (Lipinski definition) is 0. The van der Waals surface area contributed by atoms with Crippen LogP contribution in [-0.2, 0) is 6.54 Å². The van der Waals surface area contributed by atoms with E-state index in [0.717, 1.165) is 3.57 Å². The number of oxazole rings is 1. The molecule has 0 saturated carbocycles. The molecular formula is C15H11FINO3. The van der Waals surface area contributed by atoms with Gasteiger partial charge < -0.3 is 9.15 Å². The molecule has 3 aromatic rings. The standard InChI is InChI=1S/C15H11FINO3/c1-20-12-4-2-3-9(14(12)16)8-18-11-6-5-10(17)7-13(11)21-15(18)19/h2-7H,8H2,1H3. The number of hydrogen-bond acceptors (Lipinski definition) is 3. The summed E-state index contributed by atoms with van der Waals surface area (Å²) in [6, 6.07) is 10.3. The molecule has 0 spiro atoms. The highest BCUT2D eigenvalue weighted by molar-refractivity contribution is 14.1. The van der Waals surface area contributed by atoms with Gasteiger partial charge in [0.05, 0.1) is 19.2 Å². The molecule has 0 fully saturated rings. The van der Waals surface area contributed by atoms with E-state index in [-0.39, 0.29) is 12.3 Å². The van der Waals surface area contributed by atoms with E-state index in [2.05, 4.69) is 22.6 Å². The molecule has 0 N–H and O–H groups in total. The van der Waals surface area contributed by atoms with Gasteiger partial charge in [-0.3, -0.25) is 4.57 Å². The average Bonchev–Trinajstić information content (AvgIpc) is 2.76. The van der Waals surface area contributed by atoms with E-state index in [4.69, 9.17) is 9.15 Å². The molecule has 0 amide bonds. The molecule has 4 nitrogen and oxygen atoms in total. The molecule has 21 heavy (non-hydrogen) atoms. The van der Waals surface area contributed by atoms with Crippen molar-refractivity contribution in [1.29, 1.82) is 0 Å². The van der Waals surface area contributed by atoms with E-state index in [1.807, 2.05) is 6.07 Å². The Kier molecular flexibility index (Phi) is 3.71. The van der Waals surface area contributed by atoms with Gasteiger partial charge in [0, 0.05) is 9.13 Å². The summed E-state index contributed by atoms with van der Waals surface area (Å²) in [5, 5.41) is 0. The number of ether oxygens (including phenoxy) is 1. The van der Waals surface area contributed by atoms with Gasteiger partial charge in [-0.05, 0) is 46.9 Å². The molecule has 1 aromatic heterocycles. The maximum atomic E-state index is 14.2. The van der Waals surface area contributed by atoms with Crippen LogP contribution in [0.1, 0.15) is 5.56 Å². The predicted octanol–water partition coefficient (Wildman–Crippen LogP) is 3.40. The van der Waals surface area contributed by atoms with Crippen molar-refractivity contribution in [1.82, 2.24) is 4.57 Å². The fourth-order valence-electron chi connectivity index (χ4n) is 2.20. The summed E-state index contributed by atoms with van der Waals surface area (Å²) in [5.41, 5.74) is 1.51. The predicted molar refractivity (Wildman–Crippen MR) is 85.2 cm³/mol. The lowest BCUT2D eigenvalue weighted by Crippen LogP contribution is -2.15. The summed E-state index contributed by atoms with van der Waals surface area (Å²) < 4.78 is 26.7. The smallest absolute Gasteiger partial charge is 0.420 e. The summed E-state index contributed by atoms with van der Waals surface area (Å²) in [5.74, 6) is -0.816. The van der Waals surface area contributed by atoms with Crippen LogP contribution in [0.2, 0.25) is 0 Å². The minimum atomic E-state index is -0.505. The quantitative estimate of drug-likeness (QED) is 0.635. The van der Waals surface area contributed by atoms with Gasteiger partial charge in [-0.25, -0.2) is 9.18 Å². The lowest BCUT2D eigenvalue weighted by molar-refractivity contribution is 0.383. The number of rotatable bonds is 3. The third kappa shape index (κ3) is 2.55. The zero-order chi connectivity index (χ0) is 15.0. The molecule has 0 radical (unpaired) electrons. The van der Waals surface area contributed by atoms with E-state index < -0.39 is 11.6 Å². The minimum absolute atomic E-state index is 0.0927. The number of aromatic nitrogens is 1. The average molecular weight is 399 g/mol. The van der Waals surface area contributed by atoms with Crippen molar-refractivity contribution in [2.24, 2.45) is 0 Å². The Bertz CT molecular complexity index is 869. The molecule has 1 heterocycles. The van der Waals surface area contributed by atoms with Crippen molar-refractivity contribution in [3.8, 4) is 5.75 Å². The highest BCUT2D eigenvalue weighted by Gasteiger charge is 2.14. The Labute approximate surface area is 133 Å². The largest absolute Gasteiger partial charge is 0.494 e. The second kappa shape index (κ2) is 5.51. The number of benzene rings is 2. The third-order valence-corrected chi connectivity index (χ3v) is 3.89. The van der Waals surface area contributed by atoms with Crippen molar-refractivity contribution in [3.63, 3.8) is 0 Å². The van der Waals surface area contributed by atoms with Crippen LogP contribution in [0.5, 0.6) is 5.75 Å². The van der Waals surface area contributed by atoms with Gasteiger partial charge in [-0.15, -0.1) is 0 Å². The molecule has 0 aliphatic heterocycles. The second-order valence-corrected chi connectivity index (χ2v) is 5.75. The van der Waals surface area contributed by atoms with Gasteiger partial charge in [0.1, 0.15) is 0 Å². The summed E-state index contributed by atoms with van der Waals surface area (Å²) in [4.78, 5) is 12.0. The van der Waals surface area contributed by atoms with E-state index in [9.17, 15) is 9.18 Å². The van der Waals surface area contributed by atoms with Crippen LogP contribution in [0.3, 0.4) is 0 Å². The fourth-order valence-corrected chi connectivity index (χ4v) is 2.66. The number of halogens is 2. The molecule has 0 saturated heterocycles. The summed E-state index contributed by atoms with van der Waals surface area (Å²) >= 11 is 2.14. The molecule has 0 atom stereocenters. The molecule has 0 bridgehead atoms. The zero-order valence-corrected chi connectivity index (χ0v) is 13.3. The number of methoxy groups -OCH3 is 1. The van der Waals surface area contributed by atoms with Crippen molar-refractivity contribution >= 4 is 33.7 Å². The second-order valence-electron chi connectivity index (χ2n) is 4.50. The third-order valence-electron chi connectivity index (χ3n) is 3.22. The van der Waals surface area contributed by atoms with Gasteiger partial charge in [-0.1, -0.05) is 12.1 Å².